The van der Waals surface area contributed by atoms with Gasteiger partial charge in [0.2, 0.25) is 0 Å². The summed E-state index contributed by atoms with van der Waals surface area (Å²) in [6.07, 6.45) is 4.98. The van der Waals surface area contributed by atoms with E-state index in [2.05, 4.69) is 11.4 Å². The number of hydrazine groups is 1. The molecule has 0 aromatic heterocycles. The molecule has 0 atom stereocenters. The molecule has 0 bridgehead atoms. The van der Waals surface area contributed by atoms with E-state index in [1.165, 1.54) is 0 Å². The van der Waals surface area contributed by atoms with Gasteiger partial charge in [-0.3, -0.25) is 10.2 Å². The first-order chi connectivity index (χ1) is 8.77. The highest BCUT2D eigenvalue weighted by molar-refractivity contribution is 5.77. The Labute approximate surface area is 107 Å². The van der Waals surface area contributed by atoms with Gasteiger partial charge in [0.1, 0.15) is 5.75 Å². The zero-order valence-corrected chi connectivity index (χ0v) is 10.5. The van der Waals surface area contributed by atoms with Gasteiger partial charge in [0.15, 0.2) is 6.61 Å². The molecule has 0 saturated carbocycles. The van der Waals surface area contributed by atoms with Crippen molar-refractivity contribution in [1.29, 1.82) is 0 Å². The summed E-state index contributed by atoms with van der Waals surface area (Å²) in [5.41, 5.74) is 2.97. The Morgan fingerprint density at radius 3 is 2.94 bits per heavy atom. The molecule has 0 fully saturated rings. The van der Waals surface area contributed by atoms with E-state index >= 15 is 0 Å². The van der Waals surface area contributed by atoms with Gasteiger partial charge in [-0.05, 0) is 26.1 Å². The van der Waals surface area contributed by atoms with Crippen molar-refractivity contribution in [1.82, 2.24) is 10.7 Å². The molecule has 1 aromatic rings. The third kappa shape index (κ3) is 4.99. The Bertz CT molecular complexity index is 405. The van der Waals surface area contributed by atoms with Crippen molar-refractivity contribution in [2.75, 3.05) is 20.2 Å². The third-order valence-corrected chi connectivity index (χ3v) is 2.30. The van der Waals surface area contributed by atoms with Crippen LogP contribution in [0.5, 0.6) is 5.75 Å². The normalized spacial score (nSPS) is 10.6. The van der Waals surface area contributed by atoms with Crippen molar-refractivity contribution in [3.05, 3.63) is 35.9 Å². The molecule has 5 nitrogen and oxygen atoms in total. The fourth-order valence-electron chi connectivity index (χ4n) is 1.37. The number of hydrogen-bond donors (Lipinski definition) is 3. The number of hydrogen-bond acceptors (Lipinski definition) is 4. The summed E-state index contributed by atoms with van der Waals surface area (Å²) in [6.45, 7) is 0.840. The second-order valence-corrected chi connectivity index (χ2v) is 3.69. The van der Waals surface area contributed by atoms with Crippen LogP contribution in [0.1, 0.15) is 12.0 Å². The van der Waals surface area contributed by atoms with E-state index in [0.717, 1.165) is 18.5 Å². The number of benzene rings is 1. The van der Waals surface area contributed by atoms with Crippen LogP contribution in [0.15, 0.2) is 30.3 Å². The van der Waals surface area contributed by atoms with Crippen molar-refractivity contribution in [3.8, 4) is 5.75 Å². The third-order valence-electron chi connectivity index (χ3n) is 2.30. The van der Waals surface area contributed by atoms with E-state index in [1.54, 1.807) is 0 Å². The molecule has 0 aliphatic heterocycles. The van der Waals surface area contributed by atoms with Crippen molar-refractivity contribution in [2.45, 2.75) is 6.42 Å². The SMILES string of the molecule is CNCCC=Cc1ccccc1OCC(=O)NN. The lowest BCUT2D eigenvalue weighted by Gasteiger charge is -2.08. The van der Waals surface area contributed by atoms with Crippen molar-refractivity contribution >= 4 is 12.0 Å². The number of nitrogens with one attached hydrogen (secondary N) is 2. The fraction of sp³-hybridized carbons (Fsp3) is 0.308. The van der Waals surface area contributed by atoms with E-state index in [1.807, 2.05) is 42.8 Å². The first-order valence-electron chi connectivity index (χ1n) is 5.80. The van der Waals surface area contributed by atoms with Crippen LogP contribution in [0, 0.1) is 0 Å². The van der Waals surface area contributed by atoms with Gasteiger partial charge in [-0.25, -0.2) is 5.84 Å². The standard InChI is InChI=1S/C13H19N3O2/c1-15-9-5-4-7-11-6-2-3-8-12(11)18-10-13(17)16-14/h2-4,6-8,15H,5,9-10,14H2,1H3,(H,16,17). The lowest BCUT2D eigenvalue weighted by Crippen LogP contribution is -2.34. The number of carbonyl (C=O) groups is 1. The highest BCUT2D eigenvalue weighted by Crippen LogP contribution is 2.19. The van der Waals surface area contributed by atoms with Crippen LogP contribution < -0.4 is 21.3 Å². The maximum Gasteiger partial charge on any atom is 0.271 e. The Balaban J connectivity index is 2.61. The highest BCUT2D eigenvalue weighted by Gasteiger charge is 2.03. The zero-order chi connectivity index (χ0) is 13.2. The number of rotatable bonds is 7. The van der Waals surface area contributed by atoms with E-state index in [0.29, 0.717) is 5.75 Å². The van der Waals surface area contributed by atoms with Crippen molar-refractivity contribution < 1.29 is 9.53 Å². The molecule has 0 heterocycles. The predicted octanol–water partition coefficient (Wildman–Crippen LogP) is 0.678. The summed E-state index contributed by atoms with van der Waals surface area (Å²) in [6, 6.07) is 7.54. The van der Waals surface area contributed by atoms with Gasteiger partial charge < -0.3 is 10.1 Å². The second-order valence-electron chi connectivity index (χ2n) is 3.69. The van der Waals surface area contributed by atoms with E-state index in [9.17, 15) is 4.79 Å². The summed E-state index contributed by atoms with van der Waals surface area (Å²) in [5.74, 6) is 5.30. The Morgan fingerprint density at radius 1 is 1.44 bits per heavy atom. The lowest BCUT2D eigenvalue weighted by molar-refractivity contribution is -0.123. The zero-order valence-electron chi connectivity index (χ0n) is 10.5. The summed E-state index contributed by atoms with van der Waals surface area (Å²) in [5, 5.41) is 3.07. The lowest BCUT2D eigenvalue weighted by atomic mass is 10.2. The first-order valence-corrected chi connectivity index (χ1v) is 5.80. The molecule has 4 N–H and O–H groups in total. The van der Waals surface area contributed by atoms with E-state index in [-0.39, 0.29) is 12.5 Å². The molecular weight excluding hydrogens is 230 g/mol. The van der Waals surface area contributed by atoms with Gasteiger partial charge in [0.25, 0.3) is 5.91 Å². The van der Waals surface area contributed by atoms with Crippen LogP contribution in [-0.4, -0.2) is 26.1 Å². The molecule has 0 saturated heterocycles. The molecule has 18 heavy (non-hydrogen) atoms. The first kappa shape index (κ1) is 14.2. The van der Waals surface area contributed by atoms with Gasteiger partial charge >= 0.3 is 0 Å². The maximum atomic E-state index is 11.0. The van der Waals surface area contributed by atoms with Crippen LogP contribution in [0.25, 0.3) is 6.08 Å². The Morgan fingerprint density at radius 2 is 2.22 bits per heavy atom. The van der Waals surface area contributed by atoms with Crippen LogP contribution in [0.2, 0.25) is 0 Å². The van der Waals surface area contributed by atoms with Gasteiger partial charge in [-0.2, -0.15) is 0 Å². The molecule has 1 rings (SSSR count). The Kier molecular flexibility index (Phi) is 6.53. The van der Waals surface area contributed by atoms with Crippen LogP contribution in [-0.2, 0) is 4.79 Å². The quantitative estimate of drug-likeness (QED) is 0.287. The van der Waals surface area contributed by atoms with Crippen molar-refractivity contribution in [2.24, 2.45) is 5.84 Å². The minimum absolute atomic E-state index is 0.0854. The average molecular weight is 249 g/mol. The smallest absolute Gasteiger partial charge is 0.271 e. The average Bonchev–Trinajstić information content (AvgIpc) is 2.42. The second kappa shape index (κ2) is 8.27. The number of amides is 1. The van der Waals surface area contributed by atoms with Gasteiger partial charge in [0.05, 0.1) is 0 Å². The van der Waals surface area contributed by atoms with Crippen molar-refractivity contribution in [3.63, 3.8) is 0 Å². The minimum atomic E-state index is -0.357. The summed E-state index contributed by atoms with van der Waals surface area (Å²) < 4.78 is 5.39. The monoisotopic (exact) mass is 249 g/mol. The maximum absolute atomic E-state index is 11.0. The summed E-state index contributed by atoms with van der Waals surface area (Å²) in [4.78, 5) is 11.0. The molecular formula is C13H19N3O2. The molecule has 0 unspecified atom stereocenters. The van der Waals surface area contributed by atoms with E-state index in [4.69, 9.17) is 10.6 Å². The molecule has 1 aromatic carbocycles. The largest absolute Gasteiger partial charge is 0.483 e. The van der Waals surface area contributed by atoms with Gasteiger partial charge in [-0.1, -0.05) is 30.4 Å². The molecule has 98 valence electrons. The van der Waals surface area contributed by atoms with Gasteiger partial charge in [0, 0.05) is 5.56 Å². The van der Waals surface area contributed by atoms with Crippen LogP contribution in [0.4, 0.5) is 0 Å². The molecule has 0 aliphatic carbocycles. The molecule has 0 aliphatic rings. The fourth-order valence-corrected chi connectivity index (χ4v) is 1.37. The minimum Gasteiger partial charge on any atom is -0.483 e. The van der Waals surface area contributed by atoms with Crippen LogP contribution in [0.3, 0.4) is 0 Å². The topological polar surface area (TPSA) is 76.4 Å². The summed E-state index contributed by atoms with van der Waals surface area (Å²) >= 11 is 0. The molecule has 1 amide bonds. The predicted molar refractivity (Wildman–Crippen MR) is 71.8 cm³/mol. The number of para-hydroxylation sites is 1. The van der Waals surface area contributed by atoms with Crippen LogP contribution >= 0.6 is 0 Å². The number of ether oxygens (including phenoxy) is 1. The number of nitrogens with two attached hydrogens (primary N) is 1. The Hall–Kier alpha value is -1.85. The highest BCUT2D eigenvalue weighted by atomic mass is 16.5. The molecule has 5 heteroatoms. The molecule has 0 radical (unpaired) electrons. The van der Waals surface area contributed by atoms with E-state index < -0.39 is 0 Å². The molecule has 0 spiro atoms. The van der Waals surface area contributed by atoms with Gasteiger partial charge in [-0.15, -0.1) is 0 Å². The number of carbonyl (C=O) groups excluding carboxylic acids is 1. The summed E-state index contributed by atoms with van der Waals surface area (Å²) in [7, 11) is 1.91.